The normalized spacial score (nSPS) is 17.9. The van der Waals surface area contributed by atoms with Crippen molar-refractivity contribution in [3.8, 4) is 17.2 Å². The first-order chi connectivity index (χ1) is 17.6. The van der Waals surface area contributed by atoms with Crippen LogP contribution in [0.4, 0.5) is 0 Å². The van der Waals surface area contributed by atoms with E-state index in [1.54, 1.807) is 13.2 Å². The number of methoxy groups -OCH3 is 1. The lowest BCUT2D eigenvalue weighted by molar-refractivity contribution is -0.127. The van der Waals surface area contributed by atoms with Gasteiger partial charge in [0.05, 0.1) is 7.11 Å². The lowest BCUT2D eigenvalue weighted by Crippen LogP contribution is -2.47. The van der Waals surface area contributed by atoms with Crippen molar-refractivity contribution >= 4 is 22.4 Å². The number of hydrogen-bond acceptors (Lipinski definition) is 6. The number of allylic oxidation sites excluding steroid dienone is 1. The monoisotopic (exact) mass is 488 g/mol. The Morgan fingerprint density at radius 2 is 1.83 bits per heavy atom. The number of carbonyl (C=O) groups excluding carboxylic acids is 1. The highest BCUT2D eigenvalue weighted by atomic mass is 16.7. The van der Waals surface area contributed by atoms with Gasteiger partial charge in [-0.3, -0.25) is 9.69 Å². The topological polar surface area (TPSA) is 64.4 Å². The summed E-state index contributed by atoms with van der Waals surface area (Å²) in [5.41, 5.74) is 5.25. The minimum absolute atomic E-state index is 0.0478. The third kappa shape index (κ3) is 4.32. The average Bonchev–Trinajstić information content (AvgIpc) is 3.52. The number of aryl methyl sites for hydroxylation is 2. The number of ether oxygens (including phenoxy) is 3. The van der Waals surface area contributed by atoms with E-state index in [1.165, 1.54) is 24.0 Å². The van der Waals surface area contributed by atoms with Crippen LogP contribution >= 0.6 is 0 Å². The van der Waals surface area contributed by atoms with E-state index in [9.17, 15) is 4.79 Å². The second-order valence-corrected chi connectivity index (χ2v) is 9.88. The summed E-state index contributed by atoms with van der Waals surface area (Å²) >= 11 is 0. The molecule has 1 aromatic heterocycles. The fourth-order valence-electron chi connectivity index (χ4n) is 5.54. The van der Waals surface area contributed by atoms with Gasteiger partial charge in [-0.05, 0) is 55.5 Å². The zero-order valence-electron chi connectivity index (χ0n) is 21.0. The van der Waals surface area contributed by atoms with Crippen LogP contribution in [0.25, 0.3) is 16.5 Å². The van der Waals surface area contributed by atoms with E-state index in [2.05, 4.69) is 17.0 Å². The summed E-state index contributed by atoms with van der Waals surface area (Å²) in [6, 6.07) is 10.2. The van der Waals surface area contributed by atoms with Crippen LogP contribution in [0.5, 0.6) is 17.2 Å². The van der Waals surface area contributed by atoms with E-state index in [4.69, 9.17) is 18.6 Å². The van der Waals surface area contributed by atoms with Gasteiger partial charge in [-0.1, -0.05) is 6.07 Å². The van der Waals surface area contributed by atoms with Crippen LogP contribution in [0.15, 0.2) is 40.8 Å². The fourth-order valence-corrected chi connectivity index (χ4v) is 5.54. The predicted octanol–water partition coefficient (Wildman–Crippen LogP) is 4.80. The average molecular weight is 489 g/mol. The third-order valence-electron chi connectivity index (χ3n) is 7.57. The van der Waals surface area contributed by atoms with Gasteiger partial charge < -0.3 is 23.5 Å². The molecule has 3 aliphatic rings. The molecule has 1 amide bonds. The second kappa shape index (κ2) is 9.54. The van der Waals surface area contributed by atoms with Gasteiger partial charge in [0, 0.05) is 67.8 Å². The molecule has 6 rings (SSSR count). The lowest BCUT2D eigenvalue weighted by atomic mass is 9.94. The summed E-state index contributed by atoms with van der Waals surface area (Å²) in [7, 11) is 1.67. The molecule has 7 heteroatoms. The Labute approximate surface area is 211 Å². The van der Waals surface area contributed by atoms with Gasteiger partial charge in [-0.15, -0.1) is 0 Å². The van der Waals surface area contributed by atoms with Crippen molar-refractivity contribution in [3.05, 3.63) is 58.9 Å². The summed E-state index contributed by atoms with van der Waals surface area (Å²) < 4.78 is 22.7. The Balaban J connectivity index is 1.13. The van der Waals surface area contributed by atoms with Crippen LogP contribution < -0.4 is 14.2 Å². The van der Waals surface area contributed by atoms with E-state index in [-0.39, 0.29) is 12.7 Å². The van der Waals surface area contributed by atoms with Crippen molar-refractivity contribution in [2.75, 3.05) is 40.1 Å². The van der Waals surface area contributed by atoms with Gasteiger partial charge in [0.2, 0.25) is 12.7 Å². The molecule has 3 heterocycles. The van der Waals surface area contributed by atoms with Crippen LogP contribution in [-0.4, -0.2) is 55.8 Å². The van der Waals surface area contributed by atoms with Crippen LogP contribution in [0.2, 0.25) is 0 Å². The number of benzene rings is 2. The maximum atomic E-state index is 13.2. The minimum Gasteiger partial charge on any atom is -0.496 e. The lowest BCUT2D eigenvalue weighted by Gasteiger charge is -2.34. The molecule has 0 N–H and O–H groups in total. The molecule has 0 spiro atoms. The molecule has 36 heavy (non-hydrogen) atoms. The third-order valence-corrected chi connectivity index (χ3v) is 7.57. The number of carbonyl (C=O) groups is 1. The summed E-state index contributed by atoms with van der Waals surface area (Å²) in [5.74, 6) is 3.51. The number of piperazine rings is 1. The molecule has 0 unspecified atom stereocenters. The quantitative estimate of drug-likeness (QED) is 0.481. The van der Waals surface area contributed by atoms with Crippen molar-refractivity contribution in [2.45, 2.75) is 39.2 Å². The Hall–Kier alpha value is -3.45. The van der Waals surface area contributed by atoms with E-state index in [0.717, 1.165) is 77.6 Å². The fraction of sp³-hybridized carbons (Fsp3) is 0.414. The largest absolute Gasteiger partial charge is 0.496 e. The maximum absolute atomic E-state index is 13.2. The van der Waals surface area contributed by atoms with Crippen molar-refractivity contribution in [1.82, 2.24) is 9.80 Å². The van der Waals surface area contributed by atoms with Crippen LogP contribution in [0, 0.1) is 0 Å². The Morgan fingerprint density at radius 1 is 1.03 bits per heavy atom. The van der Waals surface area contributed by atoms with Gasteiger partial charge in [0.15, 0.2) is 11.5 Å². The number of amides is 1. The zero-order valence-corrected chi connectivity index (χ0v) is 21.0. The molecule has 1 fully saturated rings. The Kier molecular flexibility index (Phi) is 6.09. The maximum Gasteiger partial charge on any atom is 0.246 e. The SMILES string of the molecule is COc1cc2oc3c(c2cc1/C(C)=C/C(=O)N1CCN(Cc2ccc4c(c2)OCO4)CC1)CCCC3. The second-order valence-electron chi connectivity index (χ2n) is 9.88. The van der Waals surface area contributed by atoms with E-state index < -0.39 is 0 Å². The highest BCUT2D eigenvalue weighted by Gasteiger charge is 2.23. The standard InChI is InChI=1S/C29H32N2O5/c1-19(22-15-23-21-5-3-4-6-24(21)36-27(23)16-26(22)33-2)13-29(32)31-11-9-30(10-12-31)17-20-7-8-25-28(14-20)35-18-34-25/h7-8,13-16H,3-6,9-12,17-18H2,1-2H3/b19-13+. The molecule has 2 aromatic carbocycles. The molecule has 0 saturated carbocycles. The van der Waals surface area contributed by atoms with Gasteiger partial charge in [-0.25, -0.2) is 0 Å². The van der Waals surface area contributed by atoms with Crippen molar-refractivity contribution in [3.63, 3.8) is 0 Å². The van der Waals surface area contributed by atoms with E-state index in [1.807, 2.05) is 30.0 Å². The van der Waals surface area contributed by atoms with Gasteiger partial charge >= 0.3 is 0 Å². The highest BCUT2D eigenvalue weighted by molar-refractivity contribution is 5.97. The molecule has 0 atom stereocenters. The van der Waals surface area contributed by atoms with Crippen LogP contribution in [0.3, 0.4) is 0 Å². The number of furan rings is 1. The Morgan fingerprint density at radius 3 is 2.67 bits per heavy atom. The van der Waals surface area contributed by atoms with E-state index in [0.29, 0.717) is 13.1 Å². The van der Waals surface area contributed by atoms with Gasteiger partial charge in [0.25, 0.3) is 0 Å². The molecule has 3 aromatic rings. The van der Waals surface area contributed by atoms with Crippen molar-refractivity contribution < 1.29 is 23.4 Å². The molecule has 2 aliphatic heterocycles. The molecule has 7 nitrogen and oxygen atoms in total. The van der Waals surface area contributed by atoms with Crippen LogP contribution in [-0.2, 0) is 24.2 Å². The first kappa shape index (κ1) is 23.0. The first-order valence-corrected chi connectivity index (χ1v) is 12.8. The molecular weight excluding hydrogens is 456 g/mol. The number of hydrogen-bond donors (Lipinski definition) is 0. The first-order valence-electron chi connectivity index (χ1n) is 12.8. The molecule has 188 valence electrons. The van der Waals surface area contributed by atoms with Gasteiger partial charge in [0.1, 0.15) is 17.1 Å². The summed E-state index contributed by atoms with van der Waals surface area (Å²) in [6.07, 6.45) is 6.16. The zero-order chi connectivity index (χ0) is 24.6. The minimum atomic E-state index is 0.0478. The van der Waals surface area contributed by atoms with Gasteiger partial charge in [-0.2, -0.15) is 0 Å². The molecule has 0 radical (unpaired) electrons. The summed E-state index contributed by atoms with van der Waals surface area (Å²) in [6.45, 7) is 6.20. The summed E-state index contributed by atoms with van der Waals surface area (Å²) in [4.78, 5) is 17.5. The van der Waals surface area contributed by atoms with Crippen molar-refractivity contribution in [2.24, 2.45) is 0 Å². The highest BCUT2D eigenvalue weighted by Crippen LogP contribution is 2.38. The molecule has 1 saturated heterocycles. The molecular formula is C29H32N2O5. The summed E-state index contributed by atoms with van der Waals surface area (Å²) in [5, 5.41) is 1.15. The number of fused-ring (bicyclic) bond motifs is 4. The van der Waals surface area contributed by atoms with E-state index >= 15 is 0 Å². The molecule has 0 bridgehead atoms. The number of rotatable bonds is 5. The molecule has 1 aliphatic carbocycles. The van der Waals surface area contributed by atoms with Crippen LogP contribution in [0.1, 0.15) is 42.2 Å². The van der Waals surface area contributed by atoms with Crippen molar-refractivity contribution in [1.29, 1.82) is 0 Å². The number of nitrogens with zero attached hydrogens (tertiary/aromatic N) is 2. The predicted molar refractivity (Wildman–Crippen MR) is 137 cm³/mol. The smallest absolute Gasteiger partial charge is 0.246 e. The Bertz CT molecular complexity index is 1330.